The van der Waals surface area contributed by atoms with Crippen LogP contribution in [0.25, 0.3) is 10.9 Å². The summed E-state index contributed by atoms with van der Waals surface area (Å²) < 4.78 is 33.6. The number of aliphatic hydroxyl groups excluding tert-OH is 1. The Hall–Kier alpha value is -3.66. The zero-order chi connectivity index (χ0) is 24.7. The fourth-order valence-corrected chi connectivity index (χ4v) is 4.48. The van der Waals surface area contributed by atoms with Gasteiger partial charge in [0, 0.05) is 23.8 Å². The number of hydrogen-bond acceptors (Lipinski definition) is 7. The number of aromatic hydroxyl groups is 1. The highest BCUT2D eigenvalue weighted by Crippen LogP contribution is 2.20. The number of nitrogens with zero attached hydrogens (tertiary/aromatic N) is 1. The zero-order valence-corrected chi connectivity index (χ0v) is 19.8. The number of ether oxygens (including phenoxy) is 1. The van der Waals surface area contributed by atoms with Gasteiger partial charge in [0.1, 0.15) is 29.1 Å². The smallest absolute Gasteiger partial charge is 0.263 e. The van der Waals surface area contributed by atoms with Crippen molar-refractivity contribution in [1.29, 1.82) is 0 Å². The van der Waals surface area contributed by atoms with Crippen LogP contribution in [0.5, 0.6) is 11.5 Å². The number of sulfonamides is 1. The molecule has 3 aromatic carbocycles. The van der Waals surface area contributed by atoms with Crippen LogP contribution in [-0.4, -0.2) is 49.4 Å². The number of aromatic nitrogens is 1. The third-order valence-corrected chi connectivity index (χ3v) is 6.68. The fraction of sp³-hybridized carbons (Fsp3) is 0.192. The molecule has 0 bridgehead atoms. The van der Waals surface area contributed by atoms with Crippen molar-refractivity contribution in [2.45, 2.75) is 17.4 Å². The van der Waals surface area contributed by atoms with E-state index in [-0.39, 0.29) is 17.3 Å². The molecular formula is C26H27N3O5S. The molecule has 4 N–H and O–H groups in total. The first-order valence-corrected chi connectivity index (χ1v) is 12.6. The lowest BCUT2D eigenvalue weighted by molar-refractivity contribution is 0.106. The molecule has 4 aromatic rings. The summed E-state index contributed by atoms with van der Waals surface area (Å²) in [5.74, 6) is 0.738. The van der Waals surface area contributed by atoms with Crippen molar-refractivity contribution >= 4 is 26.6 Å². The van der Waals surface area contributed by atoms with E-state index in [0.29, 0.717) is 30.9 Å². The van der Waals surface area contributed by atoms with Gasteiger partial charge in [-0.2, -0.15) is 0 Å². The summed E-state index contributed by atoms with van der Waals surface area (Å²) in [4.78, 5) is 4.34. The highest BCUT2D eigenvalue weighted by atomic mass is 32.2. The van der Waals surface area contributed by atoms with Gasteiger partial charge in [-0.1, -0.05) is 30.3 Å². The standard InChI is InChI=1S/C26H27N3O5S/c30-22-9-11-24(12-10-22)34-18-23(31)16-27-14-13-19-5-7-21(8-6-19)29-35(32,33)25-15-20-3-1-2-4-26(20)28-17-25/h1-12,15,17,23,27,29-31H,13-14,16,18H2/t23-/m0/s1. The minimum atomic E-state index is -3.75. The minimum Gasteiger partial charge on any atom is -0.508 e. The Morgan fingerprint density at radius 2 is 1.71 bits per heavy atom. The van der Waals surface area contributed by atoms with E-state index in [9.17, 15) is 18.6 Å². The Balaban J connectivity index is 1.22. The van der Waals surface area contributed by atoms with Crippen LogP contribution in [0, 0.1) is 0 Å². The molecule has 0 radical (unpaired) electrons. The van der Waals surface area contributed by atoms with Gasteiger partial charge in [0.05, 0.1) is 5.52 Å². The zero-order valence-electron chi connectivity index (χ0n) is 19.0. The Labute approximate surface area is 204 Å². The summed E-state index contributed by atoms with van der Waals surface area (Å²) in [5, 5.41) is 23.3. The molecule has 0 aliphatic rings. The number of hydrogen-bond donors (Lipinski definition) is 4. The van der Waals surface area contributed by atoms with Gasteiger partial charge >= 0.3 is 0 Å². The molecule has 1 aromatic heterocycles. The van der Waals surface area contributed by atoms with Crippen LogP contribution in [0.1, 0.15) is 5.56 Å². The van der Waals surface area contributed by atoms with Crippen LogP contribution in [0.2, 0.25) is 0 Å². The van der Waals surface area contributed by atoms with Gasteiger partial charge < -0.3 is 20.3 Å². The summed E-state index contributed by atoms with van der Waals surface area (Å²) in [6.45, 7) is 1.15. The first-order chi connectivity index (χ1) is 16.9. The highest BCUT2D eigenvalue weighted by Gasteiger charge is 2.15. The maximum Gasteiger partial charge on any atom is 0.263 e. The summed E-state index contributed by atoms with van der Waals surface area (Å²) >= 11 is 0. The molecule has 0 spiro atoms. The van der Waals surface area contributed by atoms with E-state index >= 15 is 0 Å². The van der Waals surface area contributed by atoms with Crippen molar-refractivity contribution in [1.82, 2.24) is 10.3 Å². The Morgan fingerprint density at radius 1 is 0.971 bits per heavy atom. The minimum absolute atomic E-state index is 0.109. The van der Waals surface area contributed by atoms with Gasteiger partial charge in [-0.3, -0.25) is 9.71 Å². The molecule has 0 saturated carbocycles. The van der Waals surface area contributed by atoms with Crippen molar-refractivity contribution in [2.24, 2.45) is 0 Å². The topological polar surface area (TPSA) is 121 Å². The van der Waals surface area contributed by atoms with Crippen LogP contribution in [0.3, 0.4) is 0 Å². The fourth-order valence-electron chi connectivity index (χ4n) is 3.45. The first-order valence-electron chi connectivity index (χ1n) is 11.2. The number of benzene rings is 3. The lowest BCUT2D eigenvalue weighted by Crippen LogP contribution is -2.32. The van der Waals surface area contributed by atoms with E-state index in [1.165, 1.54) is 18.3 Å². The molecule has 0 unspecified atom stereocenters. The molecule has 0 fully saturated rings. The van der Waals surface area contributed by atoms with Crippen molar-refractivity contribution in [3.05, 3.63) is 90.6 Å². The van der Waals surface area contributed by atoms with Crippen LogP contribution < -0.4 is 14.8 Å². The van der Waals surface area contributed by atoms with Crippen molar-refractivity contribution in [3.8, 4) is 11.5 Å². The molecule has 9 heteroatoms. The summed E-state index contributed by atoms with van der Waals surface area (Å²) in [6.07, 6.45) is 1.40. The lowest BCUT2D eigenvalue weighted by atomic mass is 10.1. The highest BCUT2D eigenvalue weighted by molar-refractivity contribution is 7.92. The van der Waals surface area contributed by atoms with E-state index in [1.54, 1.807) is 30.3 Å². The average molecular weight is 494 g/mol. The number of nitrogens with one attached hydrogen (secondary N) is 2. The number of anilines is 1. The SMILES string of the molecule is O=S(=O)(Nc1ccc(CCNC[C@H](O)COc2ccc(O)cc2)cc1)c1cnc2ccccc2c1. The predicted octanol–water partition coefficient (Wildman–Crippen LogP) is 3.31. The second-order valence-corrected chi connectivity index (χ2v) is 9.76. The molecule has 4 rings (SSSR count). The maximum absolute atomic E-state index is 12.8. The summed E-state index contributed by atoms with van der Waals surface area (Å²) in [6, 6.07) is 22.5. The van der Waals surface area contributed by atoms with Gasteiger partial charge in [-0.25, -0.2) is 8.42 Å². The Morgan fingerprint density at radius 3 is 2.49 bits per heavy atom. The van der Waals surface area contributed by atoms with Crippen LogP contribution in [-0.2, 0) is 16.4 Å². The number of pyridine rings is 1. The second kappa shape index (κ2) is 11.2. The quantitative estimate of drug-likeness (QED) is 0.237. The molecule has 35 heavy (non-hydrogen) atoms. The molecular weight excluding hydrogens is 466 g/mol. The number of phenolic OH excluding ortho intramolecular Hbond substituents is 1. The number of phenols is 1. The number of aliphatic hydroxyl groups is 1. The van der Waals surface area contributed by atoms with E-state index in [1.807, 2.05) is 36.4 Å². The van der Waals surface area contributed by atoms with Gasteiger partial charge in [0.2, 0.25) is 0 Å². The second-order valence-electron chi connectivity index (χ2n) is 8.08. The van der Waals surface area contributed by atoms with Crippen molar-refractivity contribution in [3.63, 3.8) is 0 Å². The van der Waals surface area contributed by atoms with Gasteiger partial charge in [0.25, 0.3) is 10.0 Å². The van der Waals surface area contributed by atoms with E-state index in [4.69, 9.17) is 4.74 Å². The summed E-state index contributed by atoms with van der Waals surface area (Å²) in [5.41, 5.74) is 2.24. The number of rotatable bonds is 11. The molecule has 0 aliphatic carbocycles. The van der Waals surface area contributed by atoms with Crippen LogP contribution in [0.15, 0.2) is 90.0 Å². The van der Waals surface area contributed by atoms with Crippen LogP contribution in [0.4, 0.5) is 5.69 Å². The van der Waals surface area contributed by atoms with Gasteiger partial charge in [-0.05, 0) is 67.1 Å². The Bertz CT molecular complexity index is 1360. The largest absolute Gasteiger partial charge is 0.508 e. The van der Waals surface area contributed by atoms with Crippen molar-refractivity contribution < 1.29 is 23.4 Å². The number of para-hydroxylation sites is 1. The lowest BCUT2D eigenvalue weighted by Gasteiger charge is -2.13. The van der Waals surface area contributed by atoms with E-state index < -0.39 is 16.1 Å². The van der Waals surface area contributed by atoms with E-state index in [2.05, 4.69) is 15.0 Å². The average Bonchev–Trinajstić information content (AvgIpc) is 2.87. The molecule has 0 amide bonds. The van der Waals surface area contributed by atoms with E-state index in [0.717, 1.165) is 16.5 Å². The Kier molecular flexibility index (Phi) is 7.81. The van der Waals surface area contributed by atoms with Gasteiger partial charge in [-0.15, -0.1) is 0 Å². The monoisotopic (exact) mass is 493 g/mol. The normalized spacial score (nSPS) is 12.4. The summed E-state index contributed by atoms with van der Waals surface area (Å²) in [7, 11) is -3.75. The van der Waals surface area contributed by atoms with Gasteiger partial charge in [0.15, 0.2) is 0 Å². The molecule has 0 saturated heterocycles. The number of fused-ring (bicyclic) bond motifs is 1. The molecule has 1 heterocycles. The molecule has 182 valence electrons. The first kappa shape index (κ1) is 24.5. The maximum atomic E-state index is 12.8. The third kappa shape index (κ3) is 6.92. The molecule has 0 aliphatic heterocycles. The van der Waals surface area contributed by atoms with Crippen molar-refractivity contribution in [2.75, 3.05) is 24.4 Å². The molecule has 8 nitrogen and oxygen atoms in total. The van der Waals surface area contributed by atoms with Crippen LogP contribution >= 0.6 is 0 Å². The third-order valence-electron chi connectivity index (χ3n) is 5.33. The molecule has 1 atom stereocenters. The predicted molar refractivity (Wildman–Crippen MR) is 135 cm³/mol.